The van der Waals surface area contributed by atoms with Gasteiger partial charge in [0.25, 0.3) is 0 Å². The quantitative estimate of drug-likeness (QED) is 0.454. The summed E-state index contributed by atoms with van der Waals surface area (Å²) in [5.74, 6) is -0.222. The number of rotatable bonds is 6. The molecule has 0 aliphatic carbocycles. The van der Waals surface area contributed by atoms with E-state index in [0.717, 1.165) is 6.42 Å². The molecule has 0 heterocycles. The normalized spacial score (nSPS) is 10.4. The molecule has 0 fully saturated rings. The van der Waals surface area contributed by atoms with E-state index in [2.05, 4.69) is 11.9 Å². The van der Waals surface area contributed by atoms with Crippen molar-refractivity contribution in [1.29, 1.82) is 0 Å². The van der Waals surface area contributed by atoms with Gasteiger partial charge in [-0.2, -0.15) is 0 Å². The number of anilines is 2. The molecule has 0 unspecified atom stereocenters. The molecule has 1 rings (SSSR count). The van der Waals surface area contributed by atoms with Crippen LogP contribution in [-0.2, 0) is 0 Å². The molecule has 0 saturated carbocycles. The molecule has 0 atom stereocenters. The maximum absolute atomic E-state index is 13.5. The van der Waals surface area contributed by atoms with E-state index in [0.29, 0.717) is 17.9 Å². The summed E-state index contributed by atoms with van der Waals surface area (Å²) in [6.07, 6.45) is 2.55. The second-order valence-electron chi connectivity index (χ2n) is 4.04. The highest BCUT2D eigenvalue weighted by Crippen LogP contribution is 2.28. The fraction of sp³-hybridized carbons (Fsp3) is 0.385. The first kappa shape index (κ1) is 13.4. The molecule has 3 N–H and O–H groups in total. The first-order valence-corrected chi connectivity index (χ1v) is 5.65. The number of benzene rings is 1. The monoisotopic (exact) mass is 238 g/mol. The second kappa shape index (κ2) is 6.13. The van der Waals surface area contributed by atoms with Gasteiger partial charge < -0.3 is 15.8 Å². The third kappa shape index (κ3) is 3.98. The summed E-state index contributed by atoms with van der Waals surface area (Å²) in [6.45, 7) is 8.03. The van der Waals surface area contributed by atoms with E-state index in [1.165, 1.54) is 6.07 Å². The van der Waals surface area contributed by atoms with Crippen molar-refractivity contribution < 1.29 is 9.13 Å². The highest BCUT2D eigenvalue weighted by molar-refractivity contribution is 5.68. The minimum absolute atomic E-state index is 0.0749. The summed E-state index contributed by atoms with van der Waals surface area (Å²) in [7, 11) is 0. The van der Waals surface area contributed by atoms with E-state index < -0.39 is 5.82 Å². The van der Waals surface area contributed by atoms with Gasteiger partial charge in [-0.05, 0) is 20.3 Å². The summed E-state index contributed by atoms with van der Waals surface area (Å²) in [6, 6.07) is 2.86. The van der Waals surface area contributed by atoms with Gasteiger partial charge in [0.1, 0.15) is 0 Å². The van der Waals surface area contributed by atoms with Gasteiger partial charge in [-0.1, -0.05) is 6.08 Å². The van der Waals surface area contributed by atoms with Gasteiger partial charge >= 0.3 is 0 Å². The molecule has 4 heteroatoms. The summed E-state index contributed by atoms with van der Waals surface area (Å²) >= 11 is 0. The molecule has 0 bridgehead atoms. The maximum atomic E-state index is 13.5. The largest absolute Gasteiger partial charge is 0.488 e. The average molecular weight is 238 g/mol. The van der Waals surface area contributed by atoms with Gasteiger partial charge in [-0.15, -0.1) is 6.58 Å². The van der Waals surface area contributed by atoms with Crippen molar-refractivity contribution >= 4 is 11.4 Å². The summed E-state index contributed by atoms with van der Waals surface area (Å²) < 4.78 is 18.9. The van der Waals surface area contributed by atoms with Gasteiger partial charge in [0, 0.05) is 18.7 Å². The molecule has 1 aromatic rings. The van der Waals surface area contributed by atoms with Crippen LogP contribution in [0.15, 0.2) is 24.8 Å². The number of hydrogen-bond acceptors (Lipinski definition) is 3. The fourth-order valence-corrected chi connectivity index (χ4v) is 1.38. The Morgan fingerprint density at radius 2 is 2.24 bits per heavy atom. The first-order chi connectivity index (χ1) is 8.04. The van der Waals surface area contributed by atoms with Crippen LogP contribution < -0.4 is 15.8 Å². The van der Waals surface area contributed by atoms with Crippen LogP contribution in [0.3, 0.4) is 0 Å². The van der Waals surface area contributed by atoms with Gasteiger partial charge in [0.05, 0.1) is 17.5 Å². The van der Waals surface area contributed by atoms with Crippen molar-refractivity contribution in [1.82, 2.24) is 0 Å². The van der Waals surface area contributed by atoms with Crippen LogP contribution in [0.1, 0.15) is 20.3 Å². The van der Waals surface area contributed by atoms with E-state index in [4.69, 9.17) is 10.5 Å². The van der Waals surface area contributed by atoms with Crippen LogP contribution in [-0.4, -0.2) is 12.6 Å². The smallest absolute Gasteiger partial charge is 0.167 e. The minimum Gasteiger partial charge on any atom is -0.488 e. The molecular weight excluding hydrogens is 219 g/mol. The Kier molecular flexibility index (Phi) is 4.82. The Bertz CT molecular complexity index is 391. The van der Waals surface area contributed by atoms with Crippen molar-refractivity contribution in [2.24, 2.45) is 0 Å². The summed E-state index contributed by atoms with van der Waals surface area (Å²) in [5, 5.41) is 3.11. The molecule has 94 valence electrons. The lowest BCUT2D eigenvalue weighted by Gasteiger charge is -2.14. The van der Waals surface area contributed by atoms with Crippen LogP contribution in [0, 0.1) is 5.82 Å². The van der Waals surface area contributed by atoms with Crippen molar-refractivity contribution in [3.8, 4) is 5.75 Å². The van der Waals surface area contributed by atoms with Crippen molar-refractivity contribution in [3.05, 3.63) is 30.6 Å². The molecule has 0 aliphatic heterocycles. The van der Waals surface area contributed by atoms with Gasteiger partial charge in [0.15, 0.2) is 11.6 Å². The first-order valence-electron chi connectivity index (χ1n) is 5.65. The molecule has 0 aromatic heterocycles. The Morgan fingerprint density at radius 3 is 2.82 bits per heavy atom. The van der Waals surface area contributed by atoms with E-state index in [-0.39, 0.29) is 11.9 Å². The zero-order valence-electron chi connectivity index (χ0n) is 10.3. The SMILES string of the molecule is C=CCCNc1cc(OC(C)C)c(F)cc1N. The third-order valence-electron chi connectivity index (χ3n) is 2.13. The molecule has 0 saturated heterocycles. The zero-order chi connectivity index (χ0) is 12.8. The number of halogens is 1. The number of nitrogen functional groups attached to an aromatic ring is 1. The van der Waals surface area contributed by atoms with Gasteiger partial charge in [-0.3, -0.25) is 0 Å². The van der Waals surface area contributed by atoms with Crippen LogP contribution in [0.5, 0.6) is 5.75 Å². The Balaban J connectivity index is 2.85. The molecule has 1 aromatic carbocycles. The zero-order valence-corrected chi connectivity index (χ0v) is 10.3. The van der Waals surface area contributed by atoms with E-state index in [1.807, 2.05) is 13.8 Å². The predicted octanol–water partition coefficient (Wildman–Crippen LogP) is 3.18. The molecule has 0 radical (unpaired) electrons. The molecule has 0 aliphatic rings. The number of ether oxygens (including phenoxy) is 1. The van der Waals surface area contributed by atoms with Crippen molar-refractivity contribution in [2.45, 2.75) is 26.4 Å². The lowest BCUT2D eigenvalue weighted by molar-refractivity contribution is 0.231. The highest BCUT2D eigenvalue weighted by Gasteiger charge is 2.10. The van der Waals surface area contributed by atoms with E-state index >= 15 is 0 Å². The molecule has 3 nitrogen and oxygen atoms in total. The van der Waals surface area contributed by atoms with Gasteiger partial charge in [-0.25, -0.2) is 4.39 Å². The summed E-state index contributed by atoms with van der Waals surface area (Å²) in [4.78, 5) is 0. The molecular formula is C13H19FN2O. The molecule has 0 spiro atoms. The van der Waals surface area contributed by atoms with Crippen LogP contribution in [0.25, 0.3) is 0 Å². The number of hydrogen-bond donors (Lipinski definition) is 2. The summed E-state index contributed by atoms with van der Waals surface area (Å²) in [5.41, 5.74) is 6.78. The van der Waals surface area contributed by atoms with Gasteiger partial charge in [0.2, 0.25) is 0 Å². The topological polar surface area (TPSA) is 47.3 Å². The number of nitrogens with two attached hydrogens (primary N) is 1. The second-order valence-corrected chi connectivity index (χ2v) is 4.04. The van der Waals surface area contributed by atoms with Crippen LogP contribution in [0.4, 0.5) is 15.8 Å². The predicted molar refractivity (Wildman–Crippen MR) is 69.9 cm³/mol. The lowest BCUT2D eigenvalue weighted by atomic mass is 10.2. The van der Waals surface area contributed by atoms with E-state index in [1.54, 1.807) is 12.1 Å². The third-order valence-corrected chi connectivity index (χ3v) is 2.13. The van der Waals surface area contributed by atoms with Crippen molar-refractivity contribution in [2.75, 3.05) is 17.6 Å². The molecule has 0 amide bonds. The number of nitrogens with one attached hydrogen (secondary N) is 1. The Morgan fingerprint density at radius 1 is 1.53 bits per heavy atom. The van der Waals surface area contributed by atoms with Crippen LogP contribution in [0.2, 0.25) is 0 Å². The minimum atomic E-state index is -0.439. The fourth-order valence-electron chi connectivity index (χ4n) is 1.38. The average Bonchev–Trinajstić information content (AvgIpc) is 2.24. The maximum Gasteiger partial charge on any atom is 0.167 e. The standard InChI is InChI=1S/C13H19FN2O/c1-4-5-6-16-12-8-13(17-9(2)3)10(14)7-11(12)15/h4,7-9,16H,1,5-6,15H2,2-3H3. The molecule has 17 heavy (non-hydrogen) atoms. The Hall–Kier alpha value is -1.71. The van der Waals surface area contributed by atoms with Crippen LogP contribution >= 0.6 is 0 Å². The lowest BCUT2D eigenvalue weighted by Crippen LogP contribution is -2.09. The van der Waals surface area contributed by atoms with E-state index in [9.17, 15) is 4.39 Å². The van der Waals surface area contributed by atoms with Crippen molar-refractivity contribution in [3.63, 3.8) is 0 Å². The highest BCUT2D eigenvalue weighted by atomic mass is 19.1. The Labute approximate surface area is 101 Å².